The van der Waals surface area contributed by atoms with Crippen molar-refractivity contribution in [2.45, 2.75) is 0 Å². The van der Waals surface area contributed by atoms with E-state index >= 15 is 0 Å². The van der Waals surface area contributed by atoms with Gasteiger partial charge in [0.15, 0.2) is 11.9 Å². The van der Waals surface area contributed by atoms with Crippen LogP contribution in [0.25, 0.3) is 0 Å². The molecule has 0 aliphatic carbocycles. The Bertz CT molecular complexity index is 390. The van der Waals surface area contributed by atoms with Crippen molar-refractivity contribution in [3.8, 4) is 5.75 Å². The first-order valence-corrected chi connectivity index (χ1v) is 5.79. The Morgan fingerprint density at radius 3 is 2.83 bits per heavy atom. The molecule has 18 heavy (non-hydrogen) atoms. The van der Waals surface area contributed by atoms with Crippen LogP contribution in [0.4, 0.5) is 5.82 Å². The van der Waals surface area contributed by atoms with E-state index in [9.17, 15) is 10.1 Å². The Morgan fingerprint density at radius 2 is 2.22 bits per heavy atom. The van der Waals surface area contributed by atoms with Crippen molar-refractivity contribution in [2.75, 3.05) is 39.5 Å². The number of aromatic nitrogens is 1. The molecule has 1 aliphatic rings. The van der Waals surface area contributed by atoms with Gasteiger partial charge in [-0.15, -0.1) is 0 Å². The van der Waals surface area contributed by atoms with Gasteiger partial charge in [-0.2, -0.15) is 0 Å². The highest BCUT2D eigenvalue weighted by atomic mass is 16.6. The third-order valence-electron chi connectivity index (χ3n) is 2.69. The van der Waals surface area contributed by atoms with Crippen molar-refractivity contribution in [1.82, 2.24) is 9.88 Å². The molecule has 7 heteroatoms. The standard InChI is InChI=1S/C11H15N3O4/c15-14(16)11-2-1-10(9-12-11)18-8-5-13-3-6-17-7-4-13/h1-2,9H,3-8H2. The molecule has 2 heterocycles. The zero-order valence-corrected chi connectivity index (χ0v) is 9.95. The van der Waals surface area contributed by atoms with E-state index < -0.39 is 4.92 Å². The summed E-state index contributed by atoms with van der Waals surface area (Å²) >= 11 is 0. The van der Waals surface area contributed by atoms with Crippen LogP contribution in [-0.4, -0.2) is 54.3 Å². The number of rotatable bonds is 5. The van der Waals surface area contributed by atoms with Crippen LogP contribution in [0.3, 0.4) is 0 Å². The molecule has 0 aromatic carbocycles. The fraction of sp³-hybridized carbons (Fsp3) is 0.545. The highest BCUT2D eigenvalue weighted by molar-refractivity contribution is 5.26. The first-order chi connectivity index (χ1) is 8.75. The summed E-state index contributed by atoms with van der Waals surface area (Å²) in [6, 6.07) is 2.90. The second-order valence-corrected chi connectivity index (χ2v) is 3.91. The molecule has 1 aromatic rings. The molecular weight excluding hydrogens is 238 g/mol. The van der Waals surface area contributed by atoms with Crippen molar-refractivity contribution in [1.29, 1.82) is 0 Å². The molecule has 0 spiro atoms. The third-order valence-corrected chi connectivity index (χ3v) is 2.69. The number of morpholine rings is 1. The number of nitrogens with zero attached hydrogens (tertiary/aromatic N) is 3. The highest BCUT2D eigenvalue weighted by Crippen LogP contribution is 2.13. The minimum Gasteiger partial charge on any atom is -0.488 e. The van der Waals surface area contributed by atoms with Crippen molar-refractivity contribution >= 4 is 5.82 Å². The smallest absolute Gasteiger partial charge is 0.363 e. The summed E-state index contributed by atoms with van der Waals surface area (Å²) in [7, 11) is 0. The monoisotopic (exact) mass is 253 g/mol. The predicted molar refractivity (Wildman–Crippen MR) is 63.6 cm³/mol. The van der Waals surface area contributed by atoms with Crippen LogP contribution in [0.1, 0.15) is 0 Å². The zero-order valence-electron chi connectivity index (χ0n) is 9.95. The number of nitro groups is 1. The summed E-state index contributed by atoms with van der Waals surface area (Å²) in [6.07, 6.45) is 1.37. The van der Waals surface area contributed by atoms with Crippen molar-refractivity contribution < 1.29 is 14.4 Å². The molecule has 0 bridgehead atoms. The van der Waals surface area contributed by atoms with E-state index in [2.05, 4.69) is 9.88 Å². The zero-order chi connectivity index (χ0) is 12.8. The number of hydrogen-bond donors (Lipinski definition) is 0. The van der Waals surface area contributed by atoms with E-state index in [1.165, 1.54) is 12.3 Å². The van der Waals surface area contributed by atoms with Gasteiger partial charge in [0.2, 0.25) is 0 Å². The molecule has 0 unspecified atom stereocenters. The van der Waals surface area contributed by atoms with Crippen LogP contribution in [0.5, 0.6) is 5.75 Å². The molecular formula is C11H15N3O4. The molecule has 0 saturated carbocycles. The average Bonchev–Trinajstić information content (AvgIpc) is 2.40. The second kappa shape index (κ2) is 6.27. The van der Waals surface area contributed by atoms with E-state index in [0.29, 0.717) is 12.4 Å². The van der Waals surface area contributed by atoms with Crippen LogP contribution in [0.2, 0.25) is 0 Å². The van der Waals surface area contributed by atoms with Crippen LogP contribution in [0, 0.1) is 10.1 Å². The molecule has 0 atom stereocenters. The molecule has 0 amide bonds. The molecule has 2 rings (SSSR count). The number of ether oxygens (including phenoxy) is 2. The molecule has 0 radical (unpaired) electrons. The Labute approximate surface area is 104 Å². The van der Waals surface area contributed by atoms with Crippen LogP contribution in [-0.2, 0) is 4.74 Å². The molecule has 1 aliphatic heterocycles. The Kier molecular flexibility index (Phi) is 4.43. The van der Waals surface area contributed by atoms with E-state index in [4.69, 9.17) is 9.47 Å². The first kappa shape index (κ1) is 12.7. The predicted octanol–water partition coefficient (Wildman–Crippen LogP) is 0.701. The molecule has 1 saturated heterocycles. The number of hydrogen-bond acceptors (Lipinski definition) is 6. The van der Waals surface area contributed by atoms with Gasteiger partial charge in [-0.05, 0) is 16.0 Å². The van der Waals surface area contributed by atoms with Crippen molar-refractivity contribution in [2.24, 2.45) is 0 Å². The van der Waals surface area contributed by atoms with E-state index in [0.717, 1.165) is 32.8 Å². The summed E-state index contributed by atoms with van der Waals surface area (Å²) in [4.78, 5) is 15.8. The van der Waals surface area contributed by atoms with Gasteiger partial charge in [0.05, 0.1) is 13.2 Å². The number of pyridine rings is 1. The summed E-state index contributed by atoms with van der Waals surface area (Å²) < 4.78 is 10.7. The Balaban J connectivity index is 1.74. The Morgan fingerprint density at radius 1 is 1.44 bits per heavy atom. The van der Waals surface area contributed by atoms with Gasteiger partial charge in [0.25, 0.3) is 0 Å². The lowest BCUT2D eigenvalue weighted by molar-refractivity contribution is -0.389. The summed E-state index contributed by atoms with van der Waals surface area (Å²) in [5, 5.41) is 10.4. The molecule has 1 fully saturated rings. The van der Waals surface area contributed by atoms with Crippen LogP contribution in [0.15, 0.2) is 18.3 Å². The SMILES string of the molecule is O=[N+]([O-])c1ccc(OCCN2CCOCC2)cn1. The average molecular weight is 253 g/mol. The first-order valence-electron chi connectivity index (χ1n) is 5.79. The van der Waals surface area contributed by atoms with Crippen molar-refractivity contribution in [3.63, 3.8) is 0 Å². The Hall–Kier alpha value is -1.73. The van der Waals surface area contributed by atoms with Gasteiger partial charge in [-0.1, -0.05) is 0 Å². The maximum Gasteiger partial charge on any atom is 0.363 e. The summed E-state index contributed by atoms with van der Waals surface area (Å²) in [5.41, 5.74) is 0. The largest absolute Gasteiger partial charge is 0.488 e. The lowest BCUT2D eigenvalue weighted by Gasteiger charge is -2.26. The lowest BCUT2D eigenvalue weighted by atomic mass is 10.4. The topological polar surface area (TPSA) is 77.7 Å². The maximum atomic E-state index is 10.4. The second-order valence-electron chi connectivity index (χ2n) is 3.91. The summed E-state index contributed by atoms with van der Waals surface area (Å²) in [5.74, 6) is 0.379. The molecule has 0 N–H and O–H groups in total. The normalized spacial score (nSPS) is 16.4. The van der Waals surface area contributed by atoms with Gasteiger partial charge >= 0.3 is 5.82 Å². The van der Waals surface area contributed by atoms with Crippen LogP contribution < -0.4 is 4.74 Å². The highest BCUT2D eigenvalue weighted by Gasteiger charge is 2.10. The molecule has 98 valence electrons. The fourth-order valence-corrected chi connectivity index (χ4v) is 1.68. The van der Waals surface area contributed by atoms with Gasteiger partial charge in [-0.3, -0.25) is 4.90 Å². The lowest BCUT2D eigenvalue weighted by Crippen LogP contribution is -2.38. The molecule has 7 nitrogen and oxygen atoms in total. The molecule has 1 aromatic heterocycles. The quantitative estimate of drug-likeness (QED) is 0.568. The van der Waals surface area contributed by atoms with E-state index in [1.54, 1.807) is 6.07 Å². The fourth-order valence-electron chi connectivity index (χ4n) is 1.68. The van der Waals surface area contributed by atoms with Gasteiger partial charge < -0.3 is 19.6 Å². The summed E-state index contributed by atoms with van der Waals surface area (Å²) in [6.45, 7) is 4.72. The maximum absolute atomic E-state index is 10.4. The van der Waals surface area contributed by atoms with Gasteiger partial charge in [0.1, 0.15) is 6.61 Å². The third kappa shape index (κ3) is 3.64. The minimum atomic E-state index is -0.530. The minimum absolute atomic E-state index is 0.171. The van der Waals surface area contributed by atoms with E-state index in [-0.39, 0.29) is 5.82 Å². The van der Waals surface area contributed by atoms with E-state index in [1.807, 2.05) is 0 Å². The van der Waals surface area contributed by atoms with Gasteiger partial charge in [0, 0.05) is 25.7 Å². The van der Waals surface area contributed by atoms with Gasteiger partial charge in [-0.25, -0.2) is 0 Å². The van der Waals surface area contributed by atoms with Crippen LogP contribution >= 0.6 is 0 Å². The van der Waals surface area contributed by atoms with Crippen molar-refractivity contribution in [3.05, 3.63) is 28.4 Å².